The van der Waals surface area contributed by atoms with Crippen molar-refractivity contribution in [2.24, 2.45) is 23.2 Å². The Morgan fingerprint density at radius 2 is 1.70 bits per heavy atom. The van der Waals surface area contributed by atoms with Gasteiger partial charge < -0.3 is 20.1 Å². The minimum absolute atomic E-state index is 0.00894. The summed E-state index contributed by atoms with van der Waals surface area (Å²) < 4.78 is 5.39. The maximum atomic E-state index is 12.5. The van der Waals surface area contributed by atoms with Crippen molar-refractivity contribution in [1.82, 2.24) is 10.2 Å². The number of rotatable bonds is 6. The first-order valence-corrected chi connectivity index (χ1v) is 10.3. The van der Waals surface area contributed by atoms with E-state index in [0.29, 0.717) is 19.6 Å². The monoisotopic (exact) mass is 378 g/mol. The highest BCUT2D eigenvalue weighted by molar-refractivity contribution is 5.85. The normalized spacial score (nSPS) is 37.3. The first-order valence-electron chi connectivity index (χ1n) is 10.3. The molecule has 1 saturated heterocycles. The van der Waals surface area contributed by atoms with Gasteiger partial charge in [0.25, 0.3) is 0 Å². The second-order valence-electron chi connectivity index (χ2n) is 9.30. The lowest BCUT2D eigenvalue weighted by Crippen LogP contribution is -2.50. The fourth-order valence-corrected chi connectivity index (χ4v) is 6.46. The molecule has 0 radical (unpaired) electrons. The molecule has 7 heteroatoms. The van der Waals surface area contributed by atoms with Crippen molar-refractivity contribution in [1.29, 1.82) is 0 Å². The van der Waals surface area contributed by atoms with Crippen LogP contribution in [0.3, 0.4) is 0 Å². The summed E-state index contributed by atoms with van der Waals surface area (Å²) in [5.41, 5.74) is 0.174. The Balaban J connectivity index is 1.24. The third kappa shape index (κ3) is 4.28. The molecule has 4 aliphatic carbocycles. The summed E-state index contributed by atoms with van der Waals surface area (Å²) in [7, 11) is 0. The quantitative estimate of drug-likeness (QED) is 0.729. The number of carbonyl (C=O) groups excluding carboxylic acids is 2. The molecule has 0 spiro atoms. The van der Waals surface area contributed by atoms with E-state index < -0.39 is 12.1 Å². The number of hydrogen-bond acceptors (Lipinski definition) is 4. The topological polar surface area (TPSA) is 95.9 Å². The zero-order chi connectivity index (χ0) is 19.0. The first-order chi connectivity index (χ1) is 12.9. The van der Waals surface area contributed by atoms with Gasteiger partial charge in [0.1, 0.15) is 0 Å². The highest BCUT2D eigenvalue weighted by atomic mass is 16.5. The van der Waals surface area contributed by atoms with Crippen LogP contribution in [0, 0.1) is 23.2 Å². The highest BCUT2D eigenvalue weighted by Gasteiger charge is 2.51. The number of nitrogens with one attached hydrogen (secondary N) is 1. The second-order valence-corrected chi connectivity index (χ2v) is 9.30. The predicted octanol–water partition coefficient (Wildman–Crippen LogP) is 1.41. The molecule has 27 heavy (non-hydrogen) atoms. The van der Waals surface area contributed by atoms with E-state index in [-0.39, 0.29) is 36.7 Å². The van der Waals surface area contributed by atoms with E-state index in [1.165, 1.54) is 38.5 Å². The van der Waals surface area contributed by atoms with Crippen LogP contribution < -0.4 is 5.32 Å². The van der Waals surface area contributed by atoms with Gasteiger partial charge in [-0.1, -0.05) is 0 Å². The number of hydrogen-bond donors (Lipinski definition) is 2. The molecule has 4 saturated carbocycles. The fourth-order valence-electron chi connectivity index (χ4n) is 6.46. The first kappa shape index (κ1) is 18.7. The van der Waals surface area contributed by atoms with Crippen LogP contribution in [0.4, 0.5) is 0 Å². The van der Waals surface area contributed by atoms with E-state index >= 15 is 0 Å². The van der Waals surface area contributed by atoms with Crippen LogP contribution in [-0.4, -0.2) is 60.1 Å². The van der Waals surface area contributed by atoms with Gasteiger partial charge in [-0.3, -0.25) is 14.4 Å². The standard InChI is InChI=1S/C20H30N2O5/c23-17(10-20-7-13-3-14(8-20)5-15(4-13)9-20)21-11-18(24)22-1-2-27-16(12-22)6-19(25)26/h13-16H,1-12H2,(H,21,23)(H,25,26). The zero-order valence-corrected chi connectivity index (χ0v) is 15.8. The van der Waals surface area contributed by atoms with Crippen molar-refractivity contribution >= 4 is 17.8 Å². The molecule has 150 valence electrons. The van der Waals surface area contributed by atoms with Gasteiger partial charge in [-0.15, -0.1) is 0 Å². The molecule has 5 rings (SSSR count). The fraction of sp³-hybridized carbons (Fsp3) is 0.850. The predicted molar refractivity (Wildman–Crippen MR) is 96.8 cm³/mol. The van der Waals surface area contributed by atoms with E-state index in [1.54, 1.807) is 4.90 Å². The van der Waals surface area contributed by atoms with Crippen LogP contribution >= 0.6 is 0 Å². The molecule has 1 aliphatic heterocycles. The Morgan fingerprint density at radius 1 is 1.07 bits per heavy atom. The molecular weight excluding hydrogens is 348 g/mol. The number of carboxylic acids is 1. The van der Waals surface area contributed by atoms with Gasteiger partial charge >= 0.3 is 5.97 Å². The summed E-state index contributed by atoms with van der Waals surface area (Å²) in [6.07, 6.45) is 7.58. The van der Waals surface area contributed by atoms with Crippen LogP contribution in [0.5, 0.6) is 0 Å². The number of carboxylic acid groups (broad SMARTS) is 1. The molecule has 5 fully saturated rings. The number of carbonyl (C=O) groups is 3. The average Bonchev–Trinajstić information content (AvgIpc) is 2.57. The number of ether oxygens (including phenoxy) is 1. The summed E-state index contributed by atoms with van der Waals surface area (Å²) >= 11 is 0. The highest BCUT2D eigenvalue weighted by Crippen LogP contribution is 2.61. The van der Waals surface area contributed by atoms with Gasteiger partial charge in [0.15, 0.2) is 0 Å². The largest absolute Gasteiger partial charge is 0.481 e. The lowest BCUT2D eigenvalue weighted by atomic mass is 9.49. The van der Waals surface area contributed by atoms with E-state index in [4.69, 9.17) is 9.84 Å². The van der Waals surface area contributed by atoms with Crippen LogP contribution in [0.1, 0.15) is 51.4 Å². The van der Waals surface area contributed by atoms with E-state index in [2.05, 4.69) is 5.32 Å². The summed E-state index contributed by atoms with van der Waals surface area (Å²) in [6.45, 7) is 1.05. The molecule has 0 aromatic carbocycles. The Labute approximate surface area is 159 Å². The van der Waals surface area contributed by atoms with Crippen LogP contribution in [-0.2, 0) is 19.1 Å². The third-order valence-electron chi connectivity index (χ3n) is 7.03. The SMILES string of the molecule is O=C(O)CC1CN(C(=O)CNC(=O)CC23CC4CC(CC(C4)C2)C3)CCO1. The van der Waals surface area contributed by atoms with Crippen LogP contribution in [0.15, 0.2) is 0 Å². The molecule has 4 bridgehead atoms. The summed E-state index contributed by atoms with van der Waals surface area (Å²) in [5, 5.41) is 11.7. The summed E-state index contributed by atoms with van der Waals surface area (Å²) in [4.78, 5) is 37.4. The molecule has 1 atom stereocenters. The van der Waals surface area contributed by atoms with Crippen molar-refractivity contribution < 1.29 is 24.2 Å². The van der Waals surface area contributed by atoms with E-state index in [0.717, 1.165) is 17.8 Å². The average molecular weight is 378 g/mol. The van der Waals surface area contributed by atoms with Gasteiger partial charge in [0.2, 0.25) is 11.8 Å². The Kier molecular flexibility index (Phi) is 5.14. The molecule has 1 heterocycles. The number of aliphatic carboxylic acids is 1. The van der Waals surface area contributed by atoms with Crippen LogP contribution in [0.25, 0.3) is 0 Å². The zero-order valence-electron chi connectivity index (χ0n) is 15.8. The van der Waals surface area contributed by atoms with E-state index in [1.807, 2.05) is 0 Å². The van der Waals surface area contributed by atoms with Crippen LogP contribution in [0.2, 0.25) is 0 Å². The summed E-state index contributed by atoms with van der Waals surface area (Å²) in [5.74, 6) is 1.33. The Hall–Kier alpha value is -1.63. The lowest BCUT2D eigenvalue weighted by molar-refractivity contribution is -0.147. The Bertz CT molecular complexity index is 584. The third-order valence-corrected chi connectivity index (χ3v) is 7.03. The molecule has 0 aromatic rings. The second kappa shape index (κ2) is 7.41. The van der Waals surface area contributed by atoms with Gasteiger partial charge in [-0.25, -0.2) is 0 Å². The number of nitrogens with zero attached hydrogens (tertiary/aromatic N) is 1. The molecular formula is C20H30N2O5. The molecule has 7 nitrogen and oxygen atoms in total. The van der Waals surface area contributed by atoms with Crippen molar-refractivity contribution in [3.05, 3.63) is 0 Å². The molecule has 2 amide bonds. The lowest BCUT2D eigenvalue weighted by Gasteiger charge is -2.56. The smallest absolute Gasteiger partial charge is 0.306 e. The Morgan fingerprint density at radius 3 is 2.30 bits per heavy atom. The maximum Gasteiger partial charge on any atom is 0.306 e. The van der Waals surface area contributed by atoms with Crippen molar-refractivity contribution in [2.75, 3.05) is 26.2 Å². The number of morpholine rings is 1. The van der Waals surface area contributed by atoms with Crippen molar-refractivity contribution in [2.45, 2.75) is 57.5 Å². The minimum Gasteiger partial charge on any atom is -0.481 e. The molecule has 0 aromatic heterocycles. The molecule has 2 N–H and O–H groups in total. The van der Waals surface area contributed by atoms with Gasteiger partial charge in [0, 0.05) is 19.5 Å². The summed E-state index contributed by atoms with van der Waals surface area (Å²) in [6, 6.07) is 0. The number of amides is 2. The molecule has 1 unspecified atom stereocenters. The molecule has 5 aliphatic rings. The van der Waals surface area contributed by atoms with E-state index in [9.17, 15) is 14.4 Å². The van der Waals surface area contributed by atoms with Crippen molar-refractivity contribution in [3.63, 3.8) is 0 Å². The van der Waals surface area contributed by atoms with Gasteiger partial charge in [-0.2, -0.15) is 0 Å². The maximum absolute atomic E-state index is 12.5. The van der Waals surface area contributed by atoms with Gasteiger partial charge in [-0.05, 0) is 61.7 Å². The minimum atomic E-state index is -0.932. The van der Waals surface area contributed by atoms with Gasteiger partial charge in [0.05, 0.1) is 25.7 Å². The van der Waals surface area contributed by atoms with Crippen molar-refractivity contribution in [3.8, 4) is 0 Å².